The van der Waals surface area contributed by atoms with E-state index in [1.165, 1.54) is 19.3 Å². The third kappa shape index (κ3) is 3.07. The smallest absolute Gasteiger partial charge is 0.338 e. The van der Waals surface area contributed by atoms with E-state index in [4.69, 9.17) is 4.74 Å². The molecule has 4 aliphatic carbocycles. The van der Waals surface area contributed by atoms with Gasteiger partial charge in [-0.3, -0.25) is 4.79 Å². The lowest BCUT2D eigenvalue weighted by Crippen LogP contribution is -2.51. The first-order valence-corrected chi connectivity index (χ1v) is 9.43. The molecule has 5 rings (SSSR count). The van der Waals surface area contributed by atoms with Crippen molar-refractivity contribution in [3.05, 3.63) is 29.8 Å². The fraction of sp³-hybridized carbons (Fsp3) is 0.619. The molecule has 0 saturated heterocycles. The summed E-state index contributed by atoms with van der Waals surface area (Å²) in [5.41, 5.74) is 1.34. The zero-order chi connectivity index (χ0) is 17.6. The van der Waals surface area contributed by atoms with Crippen molar-refractivity contribution < 1.29 is 14.3 Å². The first kappa shape index (κ1) is 16.6. The maximum Gasteiger partial charge on any atom is 0.338 e. The molecule has 0 radical (unpaired) electrons. The molecule has 4 aliphatic rings. The summed E-state index contributed by atoms with van der Waals surface area (Å²) < 4.78 is 5.38. The van der Waals surface area contributed by atoms with Crippen molar-refractivity contribution >= 4 is 17.4 Å². The number of rotatable bonds is 5. The van der Waals surface area contributed by atoms with Crippen molar-refractivity contribution in [2.45, 2.75) is 38.5 Å². The van der Waals surface area contributed by atoms with Gasteiger partial charge in [-0.25, -0.2) is 4.79 Å². The second-order valence-corrected chi connectivity index (χ2v) is 8.64. The molecular formula is C21H27NO3. The molecule has 0 amide bonds. The molecule has 25 heavy (non-hydrogen) atoms. The van der Waals surface area contributed by atoms with Crippen molar-refractivity contribution in [3.63, 3.8) is 0 Å². The summed E-state index contributed by atoms with van der Waals surface area (Å²) in [5, 5.41) is 0. The van der Waals surface area contributed by atoms with Crippen LogP contribution in [0.4, 0.5) is 5.69 Å². The molecule has 4 fully saturated rings. The fourth-order valence-electron chi connectivity index (χ4n) is 5.72. The average molecular weight is 341 g/mol. The van der Waals surface area contributed by atoms with Gasteiger partial charge in [0.1, 0.15) is 0 Å². The number of benzene rings is 1. The zero-order valence-electron chi connectivity index (χ0n) is 15.2. The molecule has 0 N–H and O–H groups in total. The molecule has 1 aromatic rings. The van der Waals surface area contributed by atoms with E-state index in [1.807, 2.05) is 31.1 Å². The van der Waals surface area contributed by atoms with E-state index in [2.05, 4.69) is 0 Å². The lowest BCUT2D eigenvalue weighted by Gasteiger charge is -2.55. The molecule has 0 aromatic heterocycles. The quantitative estimate of drug-likeness (QED) is 0.766. The number of ether oxygens (including phenoxy) is 1. The van der Waals surface area contributed by atoms with Crippen molar-refractivity contribution in [2.24, 2.45) is 23.2 Å². The molecule has 1 aromatic carbocycles. The van der Waals surface area contributed by atoms with Crippen LogP contribution in [-0.4, -0.2) is 32.5 Å². The van der Waals surface area contributed by atoms with Gasteiger partial charge in [0.2, 0.25) is 0 Å². The Labute approximate surface area is 149 Å². The van der Waals surface area contributed by atoms with Crippen LogP contribution < -0.4 is 4.90 Å². The Hall–Kier alpha value is -1.84. The minimum absolute atomic E-state index is 0.0690. The van der Waals surface area contributed by atoms with Crippen LogP contribution in [-0.2, 0) is 9.53 Å². The van der Waals surface area contributed by atoms with Crippen LogP contribution in [0.5, 0.6) is 0 Å². The third-order valence-corrected chi connectivity index (χ3v) is 6.58. The predicted octanol–water partition coefficient (Wildman–Crippen LogP) is 3.69. The highest BCUT2D eigenvalue weighted by Crippen LogP contribution is 2.60. The number of hydrogen-bond acceptors (Lipinski definition) is 4. The number of anilines is 1. The average Bonchev–Trinajstić information content (AvgIpc) is 2.58. The van der Waals surface area contributed by atoms with Gasteiger partial charge in [-0.1, -0.05) is 0 Å². The summed E-state index contributed by atoms with van der Waals surface area (Å²) in [7, 11) is 3.91. The highest BCUT2D eigenvalue weighted by Gasteiger charge is 2.54. The second kappa shape index (κ2) is 6.15. The topological polar surface area (TPSA) is 46.6 Å². The Morgan fingerprint density at radius 2 is 1.52 bits per heavy atom. The lowest BCUT2D eigenvalue weighted by molar-refractivity contribution is -0.147. The van der Waals surface area contributed by atoms with Crippen LogP contribution in [0.1, 0.15) is 48.9 Å². The van der Waals surface area contributed by atoms with Gasteiger partial charge >= 0.3 is 5.97 Å². The van der Waals surface area contributed by atoms with Crippen molar-refractivity contribution in [1.82, 2.24) is 0 Å². The highest BCUT2D eigenvalue weighted by molar-refractivity contribution is 5.93. The monoisotopic (exact) mass is 341 g/mol. The minimum Gasteiger partial charge on any atom is -0.454 e. The van der Waals surface area contributed by atoms with Gasteiger partial charge < -0.3 is 9.64 Å². The van der Waals surface area contributed by atoms with E-state index < -0.39 is 5.97 Å². The Morgan fingerprint density at radius 1 is 1.00 bits per heavy atom. The fourth-order valence-corrected chi connectivity index (χ4v) is 5.72. The van der Waals surface area contributed by atoms with Crippen LogP contribution in [0, 0.1) is 23.2 Å². The molecule has 0 heterocycles. The van der Waals surface area contributed by atoms with Crippen LogP contribution in [0.25, 0.3) is 0 Å². The normalized spacial score (nSPS) is 32.5. The molecule has 4 nitrogen and oxygen atoms in total. The van der Waals surface area contributed by atoms with Crippen molar-refractivity contribution in [3.8, 4) is 0 Å². The zero-order valence-corrected chi connectivity index (χ0v) is 15.2. The molecule has 134 valence electrons. The standard InChI is InChI=1S/C21H27NO3/c1-22(2)18-5-3-17(4-6-18)20(24)25-13-19(23)21-10-14-7-15(11-21)9-16(8-14)12-21/h3-6,14-16H,7-13H2,1-2H3. The summed E-state index contributed by atoms with van der Waals surface area (Å²) in [6, 6.07) is 7.29. The molecule has 4 heteroatoms. The maximum absolute atomic E-state index is 12.9. The summed E-state index contributed by atoms with van der Waals surface area (Å²) in [6.07, 6.45) is 6.99. The molecule has 0 spiro atoms. The van der Waals surface area contributed by atoms with Gasteiger partial charge in [-0.15, -0.1) is 0 Å². The van der Waals surface area contributed by atoms with E-state index in [0.29, 0.717) is 5.56 Å². The summed E-state index contributed by atoms with van der Waals surface area (Å²) in [5.74, 6) is 1.94. The number of esters is 1. The molecule has 0 atom stereocenters. The van der Waals surface area contributed by atoms with E-state index in [9.17, 15) is 9.59 Å². The molecule has 4 saturated carbocycles. The summed E-state index contributed by atoms with van der Waals surface area (Å²) >= 11 is 0. The Kier molecular flexibility index (Phi) is 4.09. The van der Waals surface area contributed by atoms with Gasteiger partial charge in [0.25, 0.3) is 0 Å². The van der Waals surface area contributed by atoms with Gasteiger partial charge in [0, 0.05) is 25.2 Å². The third-order valence-electron chi connectivity index (χ3n) is 6.58. The minimum atomic E-state index is -0.400. The summed E-state index contributed by atoms with van der Waals surface area (Å²) in [6.45, 7) is -0.0690. The molecular weight excluding hydrogens is 314 g/mol. The second-order valence-electron chi connectivity index (χ2n) is 8.64. The molecule has 0 unspecified atom stereocenters. The van der Waals surface area contributed by atoms with Crippen LogP contribution in [0.15, 0.2) is 24.3 Å². The number of nitrogens with zero attached hydrogens (tertiary/aromatic N) is 1. The first-order valence-electron chi connectivity index (χ1n) is 9.43. The Balaban J connectivity index is 1.38. The van der Waals surface area contributed by atoms with Crippen molar-refractivity contribution in [1.29, 1.82) is 0 Å². The number of ketones is 1. The maximum atomic E-state index is 12.9. The van der Waals surface area contributed by atoms with E-state index in [1.54, 1.807) is 12.1 Å². The van der Waals surface area contributed by atoms with Crippen molar-refractivity contribution in [2.75, 3.05) is 25.6 Å². The molecule has 4 bridgehead atoms. The first-order chi connectivity index (χ1) is 11.9. The van der Waals surface area contributed by atoms with Crippen LogP contribution in [0.2, 0.25) is 0 Å². The van der Waals surface area contributed by atoms with Gasteiger partial charge in [-0.05, 0) is 80.5 Å². The molecule has 0 aliphatic heterocycles. The number of Topliss-reactive ketones (excluding diaryl/α,β-unsaturated/α-hetero) is 1. The van der Waals surface area contributed by atoms with Gasteiger partial charge in [0.05, 0.1) is 5.56 Å². The largest absolute Gasteiger partial charge is 0.454 e. The van der Waals surface area contributed by atoms with E-state index in [0.717, 1.165) is 42.7 Å². The number of carbonyl (C=O) groups excluding carboxylic acids is 2. The lowest BCUT2D eigenvalue weighted by atomic mass is 9.48. The Bertz CT molecular complexity index is 642. The SMILES string of the molecule is CN(C)c1ccc(C(=O)OCC(=O)C23CC4CC(CC(C4)C2)C3)cc1. The number of carbonyl (C=O) groups is 2. The highest BCUT2D eigenvalue weighted by atomic mass is 16.5. The van der Waals surface area contributed by atoms with Crippen LogP contribution in [0.3, 0.4) is 0 Å². The van der Waals surface area contributed by atoms with Gasteiger partial charge in [0.15, 0.2) is 12.4 Å². The Morgan fingerprint density at radius 3 is 2.00 bits per heavy atom. The number of hydrogen-bond donors (Lipinski definition) is 0. The van der Waals surface area contributed by atoms with Gasteiger partial charge in [-0.2, -0.15) is 0 Å². The summed E-state index contributed by atoms with van der Waals surface area (Å²) in [4.78, 5) is 27.1. The predicted molar refractivity (Wildman–Crippen MR) is 96.7 cm³/mol. The van der Waals surface area contributed by atoms with E-state index in [-0.39, 0.29) is 17.8 Å². The van der Waals surface area contributed by atoms with E-state index >= 15 is 0 Å². The van der Waals surface area contributed by atoms with Crippen LogP contribution >= 0.6 is 0 Å².